The van der Waals surface area contributed by atoms with Crippen LogP contribution in [0.4, 0.5) is 13.2 Å². The van der Waals surface area contributed by atoms with E-state index < -0.39 is 28.4 Å². The molecule has 0 N–H and O–H groups in total. The highest BCUT2D eigenvalue weighted by Crippen LogP contribution is 2.34. The topological polar surface area (TPSA) is 74.1 Å². The van der Waals surface area contributed by atoms with E-state index in [1.807, 2.05) is 21.3 Å². The molecule has 0 bridgehead atoms. The summed E-state index contributed by atoms with van der Waals surface area (Å²) in [5.41, 5.74) is -0.693. The minimum Gasteiger partial charge on any atom is -0.423 e. The molecule has 2 saturated heterocycles. The summed E-state index contributed by atoms with van der Waals surface area (Å²) in [7, 11) is -1.34. The molecule has 0 radical (unpaired) electrons. The van der Waals surface area contributed by atoms with E-state index in [1.54, 1.807) is 18.2 Å². The number of amides is 1. The van der Waals surface area contributed by atoms with Gasteiger partial charge < -0.3 is 9.32 Å². The third kappa shape index (κ3) is 6.00. The minimum atomic E-state index is -4.67. The fourth-order valence-corrected chi connectivity index (χ4v) is 6.14. The van der Waals surface area contributed by atoms with Gasteiger partial charge >= 0.3 is 11.8 Å². The second-order valence-electron chi connectivity index (χ2n) is 9.67. The highest BCUT2D eigenvalue weighted by molar-refractivity contribution is 7.82. The van der Waals surface area contributed by atoms with E-state index in [0.717, 1.165) is 31.5 Å². The van der Waals surface area contributed by atoms with Crippen molar-refractivity contribution >= 4 is 27.9 Å². The lowest BCUT2D eigenvalue weighted by atomic mass is 10.0. The third-order valence-corrected chi connectivity index (χ3v) is 8.54. The van der Waals surface area contributed by atoms with Crippen molar-refractivity contribution < 1.29 is 26.6 Å². The zero-order chi connectivity index (χ0) is 26.9. The van der Waals surface area contributed by atoms with E-state index in [4.69, 9.17) is 4.42 Å². The largest absolute Gasteiger partial charge is 0.423 e. The van der Waals surface area contributed by atoms with E-state index in [2.05, 4.69) is 4.90 Å². The fourth-order valence-electron chi connectivity index (χ4n) is 4.97. The molecule has 7 nitrogen and oxygen atoms in total. The summed E-state index contributed by atoms with van der Waals surface area (Å²) in [6.45, 7) is 4.61. The SMILES string of the molecule is O=C(CN1CCN(S(=O)c2ccc(Cc3ccc4oc(=O)cc(C(F)(F)F)c4c3)cc2)CC1)N1CCCC1. The summed E-state index contributed by atoms with van der Waals surface area (Å²) in [4.78, 5) is 28.6. The Labute approximate surface area is 220 Å². The molecule has 1 amide bonds. The summed E-state index contributed by atoms with van der Waals surface area (Å²) >= 11 is 0. The standard InChI is InChI=1S/C27H28F3N3O4S/c28-27(29,30)23-17-26(35)37-24-8-5-20(16-22(23)24)15-19-3-6-21(7-4-19)38(36)33-13-11-31(12-14-33)18-25(34)32-9-1-2-10-32/h3-8,16-17H,1-2,9-15,18H2. The van der Waals surface area contributed by atoms with Crippen LogP contribution in [0, 0.1) is 0 Å². The molecule has 1 atom stereocenters. The Morgan fingerprint density at radius 1 is 0.895 bits per heavy atom. The zero-order valence-corrected chi connectivity index (χ0v) is 21.5. The summed E-state index contributed by atoms with van der Waals surface area (Å²) in [6, 6.07) is 12.1. The van der Waals surface area contributed by atoms with Crippen LogP contribution in [0.5, 0.6) is 0 Å². The molecule has 38 heavy (non-hydrogen) atoms. The summed E-state index contributed by atoms with van der Waals surface area (Å²) in [6.07, 6.45) is -2.17. The monoisotopic (exact) mass is 547 g/mol. The first-order chi connectivity index (χ1) is 18.2. The van der Waals surface area contributed by atoms with Gasteiger partial charge in [-0.05, 0) is 54.7 Å². The number of hydrogen-bond acceptors (Lipinski definition) is 5. The number of fused-ring (bicyclic) bond motifs is 1. The van der Waals surface area contributed by atoms with Gasteiger partial charge in [0.25, 0.3) is 0 Å². The molecule has 2 aliphatic heterocycles. The van der Waals surface area contributed by atoms with Crippen LogP contribution in [0.25, 0.3) is 11.0 Å². The first kappa shape index (κ1) is 26.6. The molecule has 202 valence electrons. The number of piperazine rings is 1. The maximum Gasteiger partial charge on any atom is 0.417 e. The van der Waals surface area contributed by atoms with E-state index in [0.29, 0.717) is 55.7 Å². The Kier molecular flexibility index (Phi) is 7.69. The van der Waals surface area contributed by atoms with Crippen LogP contribution in [0.15, 0.2) is 62.6 Å². The van der Waals surface area contributed by atoms with Gasteiger partial charge in [-0.15, -0.1) is 0 Å². The molecular formula is C27H28F3N3O4S. The molecule has 0 spiro atoms. The van der Waals surface area contributed by atoms with Crippen LogP contribution in [0.3, 0.4) is 0 Å². The van der Waals surface area contributed by atoms with Gasteiger partial charge in [0.2, 0.25) is 5.91 Å². The molecule has 2 aromatic carbocycles. The lowest BCUT2D eigenvalue weighted by Crippen LogP contribution is -2.50. The Morgan fingerprint density at radius 3 is 2.21 bits per heavy atom. The molecule has 1 unspecified atom stereocenters. The van der Waals surface area contributed by atoms with E-state index in [-0.39, 0.29) is 16.9 Å². The number of rotatable bonds is 6. The number of carbonyl (C=O) groups is 1. The van der Waals surface area contributed by atoms with Crippen molar-refractivity contribution in [3.05, 3.63) is 75.6 Å². The summed E-state index contributed by atoms with van der Waals surface area (Å²) in [5.74, 6) is 0.165. The lowest BCUT2D eigenvalue weighted by molar-refractivity contribution is -0.136. The van der Waals surface area contributed by atoms with Crippen molar-refractivity contribution in [2.24, 2.45) is 0 Å². The summed E-state index contributed by atoms with van der Waals surface area (Å²) in [5, 5.41) is -0.159. The Bertz CT molecular complexity index is 1390. The quantitative estimate of drug-likeness (QED) is 0.441. The second kappa shape index (κ2) is 11.0. The number of nitrogens with zero attached hydrogens (tertiary/aromatic N) is 3. The molecule has 2 fully saturated rings. The molecule has 0 saturated carbocycles. The van der Waals surface area contributed by atoms with E-state index >= 15 is 0 Å². The van der Waals surface area contributed by atoms with Gasteiger partial charge in [0.05, 0.1) is 17.0 Å². The van der Waals surface area contributed by atoms with Gasteiger partial charge in [-0.1, -0.05) is 18.2 Å². The molecule has 5 rings (SSSR count). The number of carbonyl (C=O) groups excluding carboxylic acids is 1. The zero-order valence-electron chi connectivity index (χ0n) is 20.7. The normalized spacial score (nSPS) is 18.2. The highest BCUT2D eigenvalue weighted by atomic mass is 32.2. The average molecular weight is 548 g/mol. The van der Waals surface area contributed by atoms with Gasteiger partial charge in [0.1, 0.15) is 16.6 Å². The average Bonchev–Trinajstić information content (AvgIpc) is 3.44. The lowest BCUT2D eigenvalue weighted by Gasteiger charge is -2.34. The van der Waals surface area contributed by atoms with Crippen LogP contribution in [-0.4, -0.2) is 70.0 Å². The van der Waals surface area contributed by atoms with Gasteiger partial charge in [-0.2, -0.15) is 13.2 Å². The van der Waals surface area contributed by atoms with Gasteiger partial charge in [0.15, 0.2) is 0 Å². The minimum absolute atomic E-state index is 0.111. The number of benzene rings is 2. The van der Waals surface area contributed by atoms with Crippen molar-refractivity contribution in [2.45, 2.75) is 30.3 Å². The van der Waals surface area contributed by atoms with E-state index in [9.17, 15) is 27.0 Å². The van der Waals surface area contributed by atoms with Crippen molar-refractivity contribution in [1.82, 2.24) is 14.1 Å². The first-order valence-electron chi connectivity index (χ1n) is 12.6. The van der Waals surface area contributed by atoms with Crippen LogP contribution in [0.2, 0.25) is 0 Å². The van der Waals surface area contributed by atoms with Crippen molar-refractivity contribution in [3.63, 3.8) is 0 Å². The van der Waals surface area contributed by atoms with E-state index in [1.165, 1.54) is 12.1 Å². The molecule has 3 heterocycles. The number of halogens is 3. The van der Waals surface area contributed by atoms with Gasteiger partial charge in [-0.25, -0.2) is 13.3 Å². The van der Waals surface area contributed by atoms with Gasteiger partial charge in [0, 0.05) is 50.7 Å². The van der Waals surface area contributed by atoms with Crippen LogP contribution in [0.1, 0.15) is 29.5 Å². The van der Waals surface area contributed by atoms with Crippen LogP contribution in [-0.2, 0) is 28.4 Å². The predicted molar refractivity (Wildman–Crippen MR) is 137 cm³/mol. The molecule has 2 aliphatic rings. The maximum absolute atomic E-state index is 13.4. The Hall–Kier alpha value is -3.02. The predicted octanol–water partition coefficient (Wildman–Crippen LogP) is 3.67. The Morgan fingerprint density at radius 2 is 1.55 bits per heavy atom. The Balaban J connectivity index is 1.20. The second-order valence-corrected chi connectivity index (χ2v) is 11.2. The smallest absolute Gasteiger partial charge is 0.417 e. The number of hydrogen-bond donors (Lipinski definition) is 0. The number of likely N-dealkylation sites (tertiary alicyclic amines) is 1. The molecule has 1 aromatic heterocycles. The summed E-state index contributed by atoms with van der Waals surface area (Å²) < 4.78 is 60.3. The fraction of sp³-hybridized carbons (Fsp3) is 0.407. The van der Waals surface area contributed by atoms with Crippen LogP contribution >= 0.6 is 0 Å². The molecule has 3 aromatic rings. The molecule has 11 heteroatoms. The van der Waals surface area contributed by atoms with Crippen molar-refractivity contribution in [3.8, 4) is 0 Å². The third-order valence-electron chi connectivity index (χ3n) is 7.03. The van der Waals surface area contributed by atoms with Gasteiger partial charge in [-0.3, -0.25) is 9.69 Å². The molecular weight excluding hydrogens is 519 g/mol. The first-order valence-corrected chi connectivity index (χ1v) is 13.7. The highest BCUT2D eigenvalue weighted by Gasteiger charge is 2.34. The van der Waals surface area contributed by atoms with Crippen molar-refractivity contribution in [2.75, 3.05) is 45.8 Å². The van der Waals surface area contributed by atoms with Crippen molar-refractivity contribution in [1.29, 1.82) is 0 Å². The molecule has 0 aliphatic carbocycles. The maximum atomic E-state index is 13.4. The van der Waals surface area contributed by atoms with Crippen LogP contribution < -0.4 is 5.63 Å². The number of alkyl halides is 3.